The van der Waals surface area contributed by atoms with Crippen molar-refractivity contribution >= 4 is 0 Å². The van der Waals surface area contributed by atoms with Crippen molar-refractivity contribution in [2.24, 2.45) is 0 Å². The SMILES string of the molecule is CCON(C)OC(CC)(CC)CC. The topological polar surface area (TPSA) is 21.7 Å². The highest BCUT2D eigenvalue weighted by atomic mass is 17.0. The molecule has 0 aliphatic rings. The molecular weight excluding hydrogens is 166 g/mol. The van der Waals surface area contributed by atoms with Gasteiger partial charge < -0.3 is 0 Å². The maximum atomic E-state index is 5.74. The van der Waals surface area contributed by atoms with Gasteiger partial charge >= 0.3 is 0 Å². The Morgan fingerprint density at radius 2 is 1.46 bits per heavy atom. The van der Waals surface area contributed by atoms with Crippen LogP contribution in [0.4, 0.5) is 0 Å². The molecule has 0 spiro atoms. The Bertz CT molecular complexity index is 116. The van der Waals surface area contributed by atoms with Crippen molar-refractivity contribution in [3.8, 4) is 0 Å². The number of hydrogen-bond acceptors (Lipinski definition) is 3. The van der Waals surface area contributed by atoms with Gasteiger partial charge in [0, 0.05) is 7.05 Å². The zero-order chi connectivity index (χ0) is 10.3. The highest BCUT2D eigenvalue weighted by Gasteiger charge is 2.27. The van der Waals surface area contributed by atoms with Gasteiger partial charge in [0.1, 0.15) is 0 Å². The quantitative estimate of drug-likeness (QED) is 0.575. The minimum absolute atomic E-state index is 0.0517. The summed E-state index contributed by atoms with van der Waals surface area (Å²) in [6, 6.07) is 0. The fourth-order valence-corrected chi connectivity index (χ4v) is 1.42. The molecule has 0 rings (SSSR count). The monoisotopic (exact) mass is 189 g/mol. The maximum absolute atomic E-state index is 5.74. The molecule has 0 fully saturated rings. The van der Waals surface area contributed by atoms with Crippen molar-refractivity contribution < 1.29 is 9.68 Å². The Morgan fingerprint density at radius 1 is 1.00 bits per heavy atom. The van der Waals surface area contributed by atoms with E-state index in [1.165, 1.54) is 5.23 Å². The molecule has 0 bridgehead atoms. The molecule has 0 aromatic carbocycles. The smallest absolute Gasteiger partial charge is 0.0918 e. The lowest BCUT2D eigenvalue weighted by molar-refractivity contribution is -0.396. The predicted octanol–water partition coefficient (Wildman–Crippen LogP) is 2.77. The van der Waals surface area contributed by atoms with Gasteiger partial charge in [0.25, 0.3) is 0 Å². The summed E-state index contributed by atoms with van der Waals surface area (Å²) in [5.74, 6) is 0. The molecule has 0 saturated heterocycles. The summed E-state index contributed by atoms with van der Waals surface area (Å²) in [5.41, 5.74) is -0.0517. The Kier molecular flexibility index (Phi) is 6.29. The molecule has 0 aliphatic heterocycles. The van der Waals surface area contributed by atoms with Crippen molar-refractivity contribution in [2.45, 2.75) is 52.6 Å². The van der Waals surface area contributed by atoms with Gasteiger partial charge in [-0.25, -0.2) is 0 Å². The second kappa shape index (κ2) is 6.35. The van der Waals surface area contributed by atoms with Crippen molar-refractivity contribution in [1.29, 1.82) is 0 Å². The van der Waals surface area contributed by atoms with E-state index in [0.717, 1.165) is 19.3 Å². The molecule has 0 radical (unpaired) electrons. The van der Waals surface area contributed by atoms with Gasteiger partial charge in [0.15, 0.2) is 0 Å². The van der Waals surface area contributed by atoms with Crippen LogP contribution < -0.4 is 0 Å². The Hall–Kier alpha value is -0.120. The van der Waals surface area contributed by atoms with Gasteiger partial charge in [-0.3, -0.25) is 9.68 Å². The fraction of sp³-hybridized carbons (Fsp3) is 1.00. The van der Waals surface area contributed by atoms with Gasteiger partial charge in [-0.2, -0.15) is 0 Å². The normalized spacial score (nSPS) is 12.5. The summed E-state index contributed by atoms with van der Waals surface area (Å²) in [7, 11) is 1.80. The minimum Gasteiger partial charge on any atom is -0.275 e. The second-order valence-corrected chi connectivity index (χ2v) is 3.19. The van der Waals surface area contributed by atoms with E-state index < -0.39 is 0 Å². The summed E-state index contributed by atoms with van der Waals surface area (Å²) in [6.07, 6.45) is 3.03. The number of hydrogen-bond donors (Lipinski definition) is 0. The largest absolute Gasteiger partial charge is 0.275 e. The standard InChI is InChI=1S/C10H23NO2/c1-6-10(7-2,8-3)13-11(5)12-9-4/h6-9H2,1-5H3. The lowest BCUT2D eigenvalue weighted by atomic mass is 9.94. The molecule has 0 atom stereocenters. The third kappa shape index (κ3) is 4.07. The van der Waals surface area contributed by atoms with Crippen LogP contribution in [0.5, 0.6) is 0 Å². The van der Waals surface area contributed by atoms with Gasteiger partial charge in [0.2, 0.25) is 0 Å². The third-order valence-corrected chi connectivity index (χ3v) is 2.57. The molecule has 0 amide bonds. The van der Waals surface area contributed by atoms with E-state index >= 15 is 0 Å². The van der Waals surface area contributed by atoms with Crippen LogP contribution >= 0.6 is 0 Å². The Morgan fingerprint density at radius 3 is 1.77 bits per heavy atom. The van der Waals surface area contributed by atoms with Gasteiger partial charge in [-0.15, -0.1) is 0 Å². The molecule has 0 heterocycles. The summed E-state index contributed by atoms with van der Waals surface area (Å²) in [5, 5.41) is 1.48. The lowest BCUT2D eigenvalue weighted by Crippen LogP contribution is -2.37. The number of rotatable bonds is 7. The van der Waals surface area contributed by atoms with Crippen LogP contribution in [-0.2, 0) is 9.68 Å². The summed E-state index contributed by atoms with van der Waals surface area (Å²) < 4.78 is 0. The third-order valence-electron chi connectivity index (χ3n) is 2.57. The first-order valence-electron chi connectivity index (χ1n) is 5.19. The Balaban J connectivity index is 4.07. The van der Waals surface area contributed by atoms with Crippen molar-refractivity contribution in [3.05, 3.63) is 0 Å². The molecule has 0 aromatic rings. The zero-order valence-electron chi connectivity index (χ0n) is 9.59. The molecule has 0 unspecified atom stereocenters. The zero-order valence-corrected chi connectivity index (χ0v) is 9.59. The van der Waals surface area contributed by atoms with Crippen molar-refractivity contribution in [3.63, 3.8) is 0 Å². The number of nitrogens with zero attached hydrogens (tertiary/aromatic N) is 1. The molecular formula is C10H23NO2. The molecule has 80 valence electrons. The van der Waals surface area contributed by atoms with Crippen LogP contribution in [-0.4, -0.2) is 24.5 Å². The second-order valence-electron chi connectivity index (χ2n) is 3.19. The highest BCUT2D eigenvalue weighted by Crippen LogP contribution is 2.25. The first kappa shape index (κ1) is 12.9. The molecule has 3 nitrogen and oxygen atoms in total. The molecule has 0 aliphatic carbocycles. The first-order chi connectivity index (χ1) is 6.14. The van der Waals surface area contributed by atoms with E-state index in [1.807, 2.05) is 6.92 Å². The van der Waals surface area contributed by atoms with E-state index in [-0.39, 0.29) is 5.60 Å². The fourth-order valence-electron chi connectivity index (χ4n) is 1.42. The molecule has 0 aromatic heterocycles. The van der Waals surface area contributed by atoms with E-state index in [9.17, 15) is 0 Å². The Labute approximate surface area is 81.9 Å². The molecule has 3 heteroatoms. The van der Waals surface area contributed by atoms with Crippen LogP contribution in [0.3, 0.4) is 0 Å². The van der Waals surface area contributed by atoms with Crippen molar-refractivity contribution in [2.75, 3.05) is 13.7 Å². The highest BCUT2D eigenvalue weighted by molar-refractivity contribution is 4.74. The average Bonchev–Trinajstić information content (AvgIpc) is 2.15. The van der Waals surface area contributed by atoms with Gasteiger partial charge in [-0.1, -0.05) is 26.0 Å². The van der Waals surface area contributed by atoms with Crippen LogP contribution in [0.2, 0.25) is 0 Å². The summed E-state index contributed by atoms with van der Waals surface area (Å²) in [4.78, 5) is 11.0. The van der Waals surface area contributed by atoms with Crippen LogP contribution in [0.15, 0.2) is 0 Å². The molecule has 13 heavy (non-hydrogen) atoms. The van der Waals surface area contributed by atoms with Crippen LogP contribution in [0, 0.1) is 0 Å². The molecule has 0 saturated carbocycles. The van der Waals surface area contributed by atoms with Crippen molar-refractivity contribution in [1.82, 2.24) is 5.23 Å². The van der Waals surface area contributed by atoms with E-state index in [0.29, 0.717) is 6.61 Å². The van der Waals surface area contributed by atoms with Crippen LogP contribution in [0.1, 0.15) is 47.0 Å². The molecule has 0 N–H and O–H groups in total. The van der Waals surface area contributed by atoms with E-state index in [2.05, 4.69) is 20.8 Å². The summed E-state index contributed by atoms with van der Waals surface area (Å²) in [6.45, 7) is 9.03. The first-order valence-corrected chi connectivity index (χ1v) is 5.19. The van der Waals surface area contributed by atoms with E-state index in [4.69, 9.17) is 9.68 Å². The van der Waals surface area contributed by atoms with Gasteiger partial charge in [0.05, 0.1) is 12.2 Å². The van der Waals surface area contributed by atoms with Crippen LogP contribution in [0.25, 0.3) is 0 Å². The van der Waals surface area contributed by atoms with Gasteiger partial charge in [-0.05, 0) is 26.2 Å². The maximum Gasteiger partial charge on any atom is 0.0918 e. The lowest BCUT2D eigenvalue weighted by Gasteiger charge is -2.33. The average molecular weight is 189 g/mol. The summed E-state index contributed by atoms with van der Waals surface area (Å²) >= 11 is 0. The predicted molar refractivity (Wildman–Crippen MR) is 54.1 cm³/mol. The minimum atomic E-state index is -0.0517. The van der Waals surface area contributed by atoms with E-state index in [1.54, 1.807) is 7.05 Å². The number of hydroxylamine groups is 2.